The molecule has 0 spiro atoms. The maximum atomic E-state index is 13.8. The minimum atomic E-state index is -2.64. The zero-order chi connectivity index (χ0) is 27.5. The molecule has 3 aliphatic rings. The minimum Gasteiger partial charge on any atom is -0.508 e. The zero-order valence-corrected chi connectivity index (χ0v) is 21.0. The van der Waals surface area contributed by atoms with Crippen molar-refractivity contribution in [2.45, 2.75) is 37.6 Å². The molecule has 1 heterocycles. The predicted molar refractivity (Wildman–Crippen MR) is 136 cm³/mol. The van der Waals surface area contributed by atoms with Crippen LogP contribution in [0.5, 0.6) is 5.75 Å². The van der Waals surface area contributed by atoms with E-state index in [2.05, 4.69) is 10.3 Å². The number of nitrogens with zero attached hydrogens (tertiary/aromatic N) is 1. The third kappa shape index (κ3) is 3.65. The van der Waals surface area contributed by atoms with E-state index in [1.807, 2.05) is 18.3 Å². The molecular weight excluding hydrogens is 492 g/mol. The lowest BCUT2D eigenvalue weighted by atomic mass is 9.57. The van der Waals surface area contributed by atoms with E-state index < -0.39 is 58.0 Å². The van der Waals surface area contributed by atoms with E-state index in [0.29, 0.717) is 18.7 Å². The molecule has 4 atom stereocenters. The molecule has 0 bridgehead atoms. The number of aromatic amines is 1. The van der Waals surface area contributed by atoms with Gasteiger partial charge in [-0.05, 0) is 62.2 Å². The number of amides is 1. The van der Waals surface area contributed by atoms with Crippen molar-refractivity contribution in [3.63, 3.8) is 0 Å². The molecule has 11 heteroatoms. The number of phenolic OH excluding ortho intramolecular Hbond substituents is 1. The first-order chi connectivity index (χ1) is 18.0. The van der Waals surface area contributed by atoms with Gasteiger partial charge in [0.15, 0.2) is 11.4 Å². The summed E-state index contributed by atoms with van der Waals surface area (Å²) in [6.07, 6.45) is 2.13. The lowest BCUT2D eigenvalue weighted by Crippen LogP contribution is -2.65. The molecule has 11 nitrogen and oxygen atoms in total. The van der Waals surface area contributed by atoms with E-state index in [0.717, 1.165) is 11.3 Å². The highest BCUT2D eigenvalue weighted by molar-refractivity contribution is 6.24. The molecule has 3 aliphatic carbocycles. The molecule has 0 unspecified atom stereocenters. The molecule has 5 rings (SSSR count). The minimum absolute atomic E-state index is 0.0523. The smallest absolute Gasteiger partial charge is 0.255 e. The molecule has 1 amide bonds. The number of phenols is 1. The number of ketones is 2. The molecule has 38 heavy (non-hydrogen) atoms. The van der Waals surface area contributed by atoms with Crippen molar-refractivity contribution in [1.29, 1.82) is 0 Å². The van der Waals surface area contributed by atoms with Gasteiger partial charge in [-0.2, -0.15) is 0 Å². The summed E-state index contributed by atoms with van der Waals surface area (Å²) < 4.78 is 0. The number of primary amides is 1. The highest BCUT2D eigenvalue weighted by Gasteiger charge is 2.64. The van der Waals surface area contributed by atoms with Gasteiger partial charge in [-0.3, -0.25) is 19.3 Å². The van der Waals surface area contributed by atoms with Crippen molar-refractivity contribution >= 4 is 23.2 Å². The van der Waals surface area contributed by atoms with Gasteiger partial charge in [0.05, 0.1) is 11.6 Å². The number of likely N-dealkylation sites (N-methyl/N-ethyl adjacent to an activating group) is 1. The van der Waals surface area contributed by atoms with Crippen LogP contribution in [0.3, 0.4) is 0 Å². The van der Waals surface area contributed by atoms with Crippen LogP contribution in [0, 0.1) is 11.8 Å². The maximum absolute atomic E-state index is 13.8. The average Bonchev–Trinajstić information content (AvgIpc) is 3.36. The predicted octanol–water partition coefficient (Wildman–Crippen LogP) is 0.582. The highest BCUT2D eigenvalue weighted by Crippen LogP contribution is 2.52. The number of rotatable bonds is 6. The number of carbonyl (C=O) groups excluding carboxylic acids is 3. The SMILES string of the molecule is CN(C)[C@H]1C(=O)C(C(N)=O)=C(O)[C@@]2(O)C(=O)C3=C(O)c4c(O)ccc(CNCc5ccc[nH]5)c4C[C@H]3C[C@@H]12. The van der Waals surface area contributed by atoms with Gasteiger partial charge in [0.25, 0.3) is 5.91 Å². The molecule has 0 radical (unpaired) electrons. The largest absolute Gasteiger partial charge is 0.508 e. The molecule has 1 fully saturated rings. The standard InChI is InChI=1S/C27H30N4O7/c1-31(2)21-16-9-13-8-15-12(10-29-11-14-4-3-7-30-14)5-6-17(32)19(15)22(33)18(13)24(35)27(16,38)25(36)20(23(21)34)26(28)37/h3-7,13,16,21,29-30,32-33,36,38H,8-11H2,1-2H3,(H2,28,37)/t13-,16-,21+,27-/m0/s1. The first-order valence-corrected chi connectivity index (χ1v) is 12.3. The summed E-state index contributed by atoms with van der Waals surface area (Å²) in [5.74, 6) is -6.60. The monoisotopic (exact) mass is 522 g/mol. The van der Waals surface area contributed by atoms with Crippen molar-refractivity contribution < 1.29 is 34.8 Å². The van der Waals surface area contributed by atoms with Crippen LogP contribution in [0.15, 0.2) is 47.4 Å². The molecule has 8 N–H and O–H groups in total. The summed E-state index contributed by atoms with van der Waals surface area (Å²) >= 11 is 0. The summed E-state index contributed by atoms with van der Waals surface area (Å²) in [4.78, 5) is 43.7. The average molecular weight is 523 g/mol. The van der Waals surface area contributed by atoms with E-state index in [-0.39, 0.29) is 29.7 Å². The van der Waals surface area contributed by atoms with Crippen molar-refractivity contribution in [3.05, 3.63) is 69.8 Å². The molecule has 1 saturated carbocycles. The first kappa shape index (κ1) is 25.7. The lowest BCUT2D eigenvalue weighted by Gasteiger charge is -2.50. The number of carbonyl (C=O) groups is 3. The number of benzene rings is 1. The number of nitrogens with one attached hydrogen (secondary N) is 2. The summed E-state index contributed by atoms with van der Waals surface area (Å²) in [6, 6.07) is 5.89. The zero-order valence-electron chi connectivity index (χ0n) is 21.0. The van der Waals surface area contributed by atoms with Crippen molar-refractivity contribution in [3.8, 4) is 5.75 Å². The van der Waals surface area contributed by atoms with Crippen LogP contribution in [-0.4, -0.2) is 73.5 Å². The Morgan fingerprint density at radius 3 is 2.55 bits per heavy atom. The Bertz CT molecular complexity index is 1410. The van der Waals surface area contributed by atoms with E-state index in [9.17, 15) is 34.8 Å². The van der Waals surface area contributed by atoms with Crippen molar-refractivity contribution in [2.24, 2.45) is 17.6 Å². The molecule has 0 saturated heterocycles. The number of hydrogen-bond acceptors (Lipinski definition) is 9. The topological polar surface area (TPSA) is 189 Å². The quantitative estimate of drug-likeness (QED) is 0.266. The normalized spacial score (nSPS) is 26.9. The van der Waals surface area contributed by atoms with Crippen molar-refractivity contribution in [2.75, 3.05) is 14.1 Å². The number of hydrogen-bond donors (Lipinski definition) is 7. The first-order valence-electron chi connectivity index (χ1n) is 12.3. The Balaban J connectivity index is 1.60. The number of aliphatic hydroxyl groups excluding tert-OH is 2. The summed E-state index contributed by atoms with van der Waals surface area (Å²) in [5, 5.41) is 47.8. The van der Waals surface area contributed by atoms with Gasteiger partial charge in [-0.15, -0.1) is 0 Å². The highest BCUT2D eigenvalue weighted by atomic mass is 16.3. The Kier molecular flexibility index (Phi) is 6.17. The van der Waals surface area contributed by atoms with Gasteiger partial charge in [-0.25, -0.2) is 0 Å². The summed E-state index contributed by atoms with van der Waals surface area (Å²) in [7, 11) is 3.14. The summed E-state index contributed by atoms with van der Waals surface area (Å²) in [6.45, 7) is 0.982. The third-order valence-corrected chi connectivity index (χ3v) is 7.99. The van der Waals surface area contributed by atoms with Gasteiger partial charge in [0.1, 0.15) is 22.8 Å². The van der Waals surface area contributed by atoms with Crippen LogP contribution in [-0.2, 0) is 33.9 Å². The molecule has 0 aliphatic heterocycles. The second-order valence-corrected chi connectivity index (χ2v) is 10.4. The van der Waals surface area contributed by atoms with Crippen LogP contribution in [0.4, 0.5) is 0 Å². The number of fused-ring (bicyclic) bond motifs is 3. The van der Waals surface area contributed by atoms with Gasteiger partial charge in [-0.1, -0.05) is 6.07 Å². The van der Waals surface area contributed by atoms with Gasteiger partial charge in [0.2, 0.25) is 5.78 Å². The van der Waals surface area contributed by atoms with E-state index >= 15 is 0 Å². The van der Waals surface area contributed by atoms with Gasteiger partial charge >= 0.3 is 0 Å². The number of Topliss-reactive ketones (excluding diaryl/α,β-unsaturated/α-hetero) is 2. The Morgan fingerprint density at radius 2 is 1.92 bits per heavy atom. The number of aliphatic hydroxyl groups is 3. The molecular formula is C27H30N4O7. The van der Waals surface area contributed by atoms with E-state index in [1.54, 1.807) is 20.2 Å². The Labute approximate surface area is 218 Å². The van der Waals surface area contributed by atoms with Crippen LogP contribution in [0.25, 0.3) is 5.76 Å². The molecule has 200 valence electrons. The van der Waals surface area contributed by atoms with E-state index in [4.69, 9.17) is 5.73 Å². The third-order valence-electron chi connectivity index (χ3n) is 7.99. The number of nitrogens with two attached hydrogens (primary N) is 1. The summed E-state index contributed by atoms with van der Waals surface area (Å²) in [5.41, 5.74) is 4.24. The Morgan fingerprint density at radius 1 is 1.18 bits per heavy atom. The Hall–Kier alpha value is -3.93. The second kappa shape index (κ2) is 9.12. The van der Waals surface area contributed by atoms with Crippen LogP contribution in [0.1, 0.15) is 28.8 Å². The van der Waals surface area contributed by atoms with Crippen molar-refractivity contribution in [1.82, 2.24) is 15.2 Å². The number of aromatic nitrogens is 1. The van der Waals surface area contributed by atoms with Gasteiger partial charge < -0.3 is 36.5 Å². The van der Waals surface area contributed by atoms with Crippen LogP contribution in [0.2, 0.25) is 0 Å². The van der Waals surface area contributed by atoms with Gasteiger partial charge in [0, 0.05) is 36.5 Å². The number of aromatic hydroxyl groups is 1. The van der Waals surface area contributed by atoms with Crippen LogP contribution < -0.4 is 11.1 Å². The fourth-order valence-corrected chi connectivity index (χ4v) is 6.28. The van der Waals surface area contributed by atoms with E-state index in [1.165, 1.54) is 11.0 Å². The number of H-pyrrole nitrogens is 1. The fraction of sp³-hybridized carbons (Fsp3) is 0.370. The molecule has 1 aromatic carbocycles. The molecule has 1 aromatic heterocycles. The second-order valence-electron chi connectivity index (χ2n) is 10.4. The van der Waals surface area contributed by atoms with Crippen LogP contribution >= 0.6 is 0 Å². The maximum Gasteiger partial charge on any atom is 0.255 e. The fourth-order valence-electron chi connectivity index (χ4n) is 6.28. The molecule has 2 aromatic rings. The lowest BCUT2D eigenvalue weighted by molar-refractivity contribution is -0.153.